The third-order valence-corrected chi connectivity index (χ3v) is 4.71. The number of benzene rings is 1. The van der Waals surface area contributed by atoms with E-state index in [2.05, 4.69) is 24.5 Å². The van der Waals surface area contributed by atoms with E-state index in [1.165, 1.54) is 0 Å². The lowest BCUT2D eigenvalue weighted by atomic mass is 9.75. The van der Waals surface area contributed by atoms with E-state index >= 15 is 0 Å². The van der Waals surface area contributed by atoms with Crippen molar-refractivity contribution in [2.45, 2.75) is 33.2 Å². The molecule has 1 amide bonds. The number of carbonyl (C=O) groups excluding carboxylic acids is 1. The van der Waals surface area contributed by atoms with Crippen molar-refractivity contribution >= 4 is 5.91 Å². The Morgan fingerprint density at radius 3 is 2.43 bits per heavy atom. The van der Waals surface area contributed by atoms with Crippen molar-refractivity contribution < 1.29 is 9.53 Å². The zero-order chi connectivity index (χ0) is 15.5. The van der Waals surface area contributed by atoms with E-state index in [1.807, 2.05) is 31.2 Å². The summed E-state index contributed by atoms with van der Waals surface area (Å²) in [5.41, 5.74) is 0.815. The molecule has 2 rings (SSSR count). The number of carbonyl (C=O) groups is 1. The molecule has 0 spiro atoms. The van der Waals surface area contributed by atoms with Crippen LogP contribution in [0.15, 0.2) is 24.3 Å². The molecule has 21 heavy (non-hydrogen) atoms. The van der Waals surface area contributed by atoms with E-state index in [-0.39, 0.29) is 17.4 Å². The molecular formula is C17H26N2O2. The highest BCUT2D eigenvalue weighted by Crippen LogP contribution is 2.35. The van der Waals surface area contributed by atoms with Gasteiger partial charge in [-0.2, -0.15) is 0 Å². The van der Waals surface area contributed by atoms with Crippen LogP contribution < -0.4 is 15.4 Å². The van der Waals surface area contributed by atoms with Gasteiger partial charge in [0.15, 0.2) is 0 Å². The molecule has 0 bridgehead atoms. The van der Waals surface area contributed by atoms with Gasteiger partial charge < -0.3 is 15.4 Å². The van der Waals surface area contributed by atoms with Crippen LogP contribution in [0.4, 0.5) is 0 Å². The van der Waals surface area contributed by atoms with Gasteiger partial charge in [-0.3, -0.25) is 4.79 Å². The molecule has 1 saturated heterocycles. The molecule has 4 heteroatoms. The molecule has 1 heterocycles. The predicted octanol–water partition coefficient (Wildman–Crippen LogP) is 2.51. The second-order valence-electron chi connectivity index (χ2n) is 6.21. The molecule has 0 saturated carbocycles. The maximum atomic E-state index is 12.7. The summed E-state index contributed by atoms with van der Waals surface area (Å²) in [6, 6.07) is 7.85. The van der Waals surface area contributed by atoms with E-state index < -0.39 is 0 Å². The number of rotatable bonds is 5. The normalized spacial score (nSPS) is 23.1. The zero-order valence-electron chi connectivity index (χ0n) is 13.4. The number of amides is 1. The fourth-order valence-electron chi connectivity index (χ4n) is 2.98. The number of methoxy groups -OCH3 is 1. The predicted molar refractivity (Wildman–Crippen MR) is 84.3 cm³/mol. The lowest BCUT2D eigenvalue weighted by molar-refractivity contribution is -0.133. The van der Waals surface area contributed by atoms with Crippen molar-refractivity contribution in [3.8, 4) is 5.75 Å². The first-order chi connectivity index (χ1) is 9.99. The van der Waals surface area contributed by atoms with E-state index in [1.54, 1.807) is 7.11 Å². The quantitative estimate of drug-likeness (QED) is 0.876. The Balaban J connectivity index is 2.07. The average molecular weight is 290 g/mol. The van der Waals surface area contributed by atoms with Gasteiger partial charge in [0.1, 0.15) is 5.75 Å². The Hall–Kier alpha value is -1.55. The fourth-order valence-corrected chi connectivity index (χ4v) is 2.98. The van der Waals surface area contributed by atoms with E-state index in [9.17, 15) is 4.79 Å². The molecule has 1 aliphatic heterocycles. The Labute approximate surface area is 127 Å². The fraction of sp³-hybridized carbons (Fsp3) is 0.588. The molecule has 4 nitrogen and oxygen atoms in total. The SMILES string of the molecule is COc1ccc(C(C)NC(=O)C2(C(C)C)CCNC2)cc1. The molecular weight excluding hydrogens is 264 g/mol. The Bertz CT molecular complexity index is 476. The van der Waals surface area contributed by atoms with Gasteiger partial charge in [-0.05, 0) is 43.5 Å². The van der Waals surface area contributed by atoms with Crippen LogP contribution in [0.3, 0.4) is 0 Å². The third-order valence-electron chi connectivity index (χ3n) is 4.71. The van der Waals surface area contributed by atoms with Gasteiger partial charge in [0.25, 0.3) is 0 Å². The second-order valence-corrected chi connectivity index (χ2v) is 6.21. The minimum absolute atomic E-state index is 0.000342. The molecule has 116 valence electrons. The van der Waals surface area contributed by atoms with Gasteiger partial charge in [0.2, 0.25) is 5.91 Å². The van der Waals surface area contributed by atoms with Gasteiger partial charge in [0.05, 0.1) is 18.6 Å². The smallest absolute Gasteiger partial charge is 0.228 e. The molecule has 2 unspecified atom stereocenters. The summed E-state index contributed by atoms with van der Waals surface area (Å²) in [6.45, 7) is 7.97. The zero-order valence-corrected chi connectivity index (χ0v) is 13.4. The lowest BCUT2D eigenvalue weighted by Gasteiger charge is -2.32. The van der Waals surface area contributed by atoms with Crippen LogP contribution in [0.1, 0.15) is 38.8 Å². The molecule has 0 aliphatic carbocycles. The van der Waals surface area contributed by atoms with E-state index in [0.717, 1.165) is 30.8 Å². The largest absolute Gasteiger partial charge is 0.497 e. The summed E-state index contributed by atoms with van der Waals surface area (Å²) in [5, 5.41) is 6.50. The summed E-state index contributed by atoms with van der Waals surface area (Å²) in [6.07, 6.45) is 0.909. The summed E-state index contributed by atoms with van der Waals surface area (Å²) < 4.78 is 5.16. The third kappa shape index (κ3) is 3.21. The van der Waals surface area contributed by atoms with Crippen molar-refractivity contribution in [3.05, 3.63) is 29.8 Å². The maximum Gasteiger partial charge on any atom is 0.228 e. The highest BCUT2D eigenvalue weighted by atomic mass is 16.5. The summed E-state index contributed by atoms with van der Waals surface area (Å²) in [7, 11) is 1.65. The monoisotopic (exact) mass is 290 g/mol. The van der Waals surface area contributed by atoms with Gasteiger partial charge in [-0.25, -0.2) is 0 Å². The van der Waals surface area contributed by atoms with Crippen molar-refractivity contribution in [3.63, 3.8) is 0 Å². The molecule has 2 atom stereocenters. The number of hydrogen-bond acceptors (Lipinski definition) is 3. The van der Waals surface area contributed by atoms with E-state index in [0.29, 0.717) is 5.92 Å². The molecule has 1 fully saturated rings. The average Bonchev–Trinajstić information content (AvgIpc) is 2.98. The number of ether oxygens (including phenoxy) is 1. The summed E-state index contributed by atoms with van der Waals surface area (Å²) in [4.78, 5) is 12.7. The van der Waals surface area contributed by atoms with Crippen LogP contribution in [0, 0.1) is 11.3 Å². The molecule has 0 aromatic heterocycles. The lowest BCUT2D eigenvalue weighted by Crippen LogP contribution is -2.46. The Morgan fingerprint density at radius 2 is 1.95 bits per heavy atom. The van der Waals surface area contributed by atoms with Crippen molar-refractivity contribution in [2.75, 3.05) is 20.2 Å². The number of nitrogens with one attached hydrogen (secondary N) is 2. The first-order valence-corrected chi connectivity index (χ1v) is 7.65. The first-order valence-electron chi connectivity index (χ1n) is 7.65. The highest BCUT2D eigenvalue weighted by molar-refractivity contribution is 5.84. The minimum Gasteiger partial charge on any atom is -0.497 e. The van der Waals surface area contributed by atoms with Crippen LogP contribution >= 0.6 is 0 Å². The van der Waals surface area contributed by atoms with Crippen molar-refractivity contribution in [1.82, 2.24) is 10.6 Å². The maximum absolute atomic E-state index is 12.7. The van der Waals surface area contributed by atoms with Crippen LogP contribution in [-0.4, -0.2) is 26.1 Å². The first kappa shape index (κ1) is 15.8. The van der Waals surface area contributed by atoms with Crippen LogP contribution in [-0.2, 0) is 4.79 Å². The van der Waals surface area contributed by atoms with E-state index in [4.69, 9.17) is 4.74 Å². The van der Waals surface area contributed by atoms with Crippen LogP contribution in [0.5, 0.6) is 5.75 Å². The van der Waals surface area contributed by atoms with Gasteiger partial charge >= 0.3 is 0 Å². The molecule has 0 radical (unpaired) electrons. The van der Waals surface area contributed by atoms with Crippen LogP contribution in [0.25, 0.3) is 0 Å². The van der Waals surface area contributed by atoms with Crippen LogP contribution in [0.2, 0.25) is 0 Å². The highest BCUT2D eigenvalue weighted by Gasteiger charge is 2.44. The summed E-state index contributed by atoms with van der Waals surface area (Å²) >= 11 is 0. The Kier molecular flexibility index (Phi) is 4.88. The summed E-state index contributed by atoms with van der Waals surface area (Å²) in [5.74, 6) is 1.32. The van der Waals surface area contributed by atoms with Crippen molar-refractivity contribution in [1.29, 1.82) is 0 Å². The van der Waals surface area contributed by atoms with Gasteiger partial charge in [-0.15, -0.1) is 0 Å². The van der Waals surface area contributed by atoms with Gasteiger partial charge in [0, 0.05) is 6.54 Å². The topological polar surface area (TPSA) is 50.4 Å². The van der Waals surface area contributed by atoms with Gasteiger partial charge in [-0.1, -0.05) is 26.0 Å². The standard InChI is InChI=1S/C17H26N2O2/c1-12(2)17(9-10-18-11-17)16(20)19-13(3)14-5-7-15(21-4)8-6-14/h5-8,12-13,18H,9-11H2,1-4H3,(H,19,20). The Morgan fingerprint density at radius 1 is 1.29 bits per heavy atom. The molecule has 1 aromatic rings. The molecule has 1 aliphatic rings. The molecule has 1 aromatic carbocycles. The second kappa shape index (κ2) is 6.48. The number of hydrogen-bond donors (Lipinski definition) is 2. The molecule has 2 N–H and O–H groups in total. The van der Waals surface area contributed by atoms with Crippen molar-refractivity contribution in [2.24, 2.45) is 11.3 Å². The minimum atomic E-state index is -0.277.